The lowest BCUT2D eigenvalue weighted by molar-refractivity contribution is -0.151. The molecule has 1 amide bonds. The van der Waals surface area contributed by atoms with Crippen LogP contribution in [0, 0.1) is 10.8 Å². The number of rotatable bonds is 9. The Kier molecular flexibility index (Phi) is 10.1. The van der Waals surface area contributed by atoms with Gasteiger partial charge in [-0.3, -0.25) is 9.69 Å². The summed E-state index contributed by atoms with van der Waals surface area (Å²) in [4.78, 5) is 26.8. The standard InChI is InChI=1S/C35H41F6NO5/c1-20-29(22-15-24(34(36,37)38)17-25(16-22)35(39,40)41)47-31(44)42(20)19-23-18-32(2,3)12-11-26(23)27-14-21(8-9-28(27)45-6)10-13-33(4,5)30(43)46-7/h8-9,14-17,20,29H,10-13,18-19H2,1-7H3/t20-,29-/m0/s1. The van der Waals surface area contributed by atoms with Crippen LogP contribution in [0.15, 0.2) is 42.0 Å². The second-order valence-electron chi connectivity index (χ2n) is 13.8. The first-order valence-electron chi connectivity index (χ1n) is 15.4. The Hall–Kier alpha value is -3.70. The summed E-state index contributed by atoms with van der Waals surface area (Å²) in [7, 11) is 2.91. The highest BCUT2D eigenvalue weighted by molar-refractivity contribution is 5.77. The van der Waals surface area contributed by atoms with Crippen molar-refractivity contribution < 1.29 is 50.1 Å². The number of hydrogen-bond donors (Lipinski definition) is 0. The summed E-state index contributed by atoms with van der Waals surface area (Å²) in [5.41, 5.74) is -0.494. The predicted molar refractivity (Wildman–Crippen MR) is 163 cm³/mol. The number of cyclic esters (lactones) is 1. The van der Waals surface area contributed by atoms with Crippen LogP contribution in [-0.2, 0) is 33.0 Å². The van der Waals surface area contributed by atoms with Crippen molar-refractivity contribution in [3.05, 3.63) is 69.8 Å². The Morgan fingerprint density at radius 3 is 2.17 bits per heavy atom. The van der Waals surface area contributed by atoms with Crippen LogP contribution >= 0.6 is 0 Å². The van der Waals surface area contributed by atoms with E-state index in [0.29, 0.717) is 43.6 Å². The van der Waals surface area contributed by atoms with E-state index in [1.54, 1.807) is 14.0 Å². The van der Waals surface area contributed by atoms with Gasteiger partial charge in [-0.15, -0.1) is 0 Å². The van der Waals surface area contributed by atoms with Gasteiger partial charge in [-0.05, 0) is 111 Å². The topological polar surface area (TPSA) is 65.1 Å². The molecule has 1 fully saturated rings. The average molecular weight is 670 g/mol. The number of hydrogen-bond acceptors (Lipinski definition) is 5. The van der Waals surface area contributed by atoms with Crippen LogP contribution < -0.4 is 4.74 Å². The van der Waals surface area contributed by atoms with Crippen LogP contribution in [0.25, 0.3) is 5.57 Å². The number of esters is 1. The van der Waals surface area contributed by atoms with Crippen molar-refractivity contribution in [2.45, 2.75) is 91.2 Å². The molecule has 0 spiro atoms. The van der Waals surface area contributed by atoms with Gasteiger partial charge in [0.1, 0.15) is 11.9 Å². The molecule has 2 aromatic carbocycles. The first-order valence-corrected chi connectivity index (χ1v) is 15.4. The third-order valence-electron chi connectivity index (χ3n) is 9.23. The summed E-state index contributed by atoms with van der Waals surface area (Å²) in [6.45, 7) is 9.47. The molecule has 2 aliphatic rings. The van der Waals surface area contributed by atoms with E-state index in [9.17, 15) is 35.9 Å². The maximum Gasteiger partial charge on any atom is 0.416 e. The SMILES string of the molecule is COC(=O)C(C)(C)CCc1ccc(OC)c(C2=C(CN3C(=O)O[C@H](c4cc(C(F)(F)F)cc(C(F)(F)F)c4)[C@@H]3C)CC(C)(C)CC2)c1. The summed E-state index contributed by atoms with van der Waals surface area (Å²) in [6.07, 6.45) is -9.03. The van der Waals surface area contributed by atoms with E-state index in [4.69, 9.17) is 14.2 Å². The van der Waals surface area contributed by atoms with E-state index in [2.05, 4.69) is 13.8 Å². The minimum Gasteiger partial charge on any atom is -0.496 e. The number of ether oxygens (including phenoxy) is 3. The fraction of sp³-hybridized carbons (Fsp3) is 0.543. The molecule has 0 bridgehead atoms. The second kappa shape index (κ2) is 13.1. The monoisotopic (exact) mass is 669 g/mol. The zero-order valence-electron chi connectivity index (χ0n) is 27.6. The van der Waals surface area contributed by atoms with E-state index in [-0.39, 0.29) is 29.6 Å². The molecule has 258 valence electrons. The van der Waals surface area contributed by atoms with Gasteiger partial charge in [0.05, 0.1) is 36.8 Å². The smallest absolute Gasteiger partial charge is 0.416 e. The van der Waals surface area contributed by atoms with Crippen molar-refractivity contribution in [3.8, 4) is 5.75 Å². The van der Waals surface area contributed by atoms with Gasteiger partial charge >= 0.3 is 24.4 Å². The Morgan fingerprint density at radius 1 is 1.00 bits per heavy atom. The lowest BCUT2D eigenvalue weighted by atomic mass is 9.72. The van der Waals surface area contributed by atoms with Gasteiger partial charge in [0.25, 0.3) is 0 Å². The molecule has 47 heavy (non-hydrogen) atoms. The highest BCUT2D eigenvalue weighted by Gasteiger charge is 2.44. The Morgan fingerprint density at radius 2 is 1.62 bits per heavy atom. The minimum atomic E-state index is -5.03. The fourth-order valence-electron chi connectivity index (χ4n) is 6.38. The molecular formula is C35H41F6NO5. The first kappa shape index (κ1) is 36.1. The molecule has 2 atom stereocenters. The lowest BCUT2D eigenvalue weighted by Gasteiger charge is -2.36. The number of nitrogens with zero attached hydrogens (tertiary/aromatic N) is 1. The van der Waals surface area contributed by atoms with Crippen molar-refractivity contribution in [3.63, 3.8) is 0 Å². The van der Waals surface area contributed by atoms with Crippen molar-refractivity contribution in [1.82, 2.24) is 4.90 Å². The highest BCUT2D eigenvalue weighted by Crippen LogP contribution is 2.47. The largest absolute Gasteiger partial charge is 0.496 e. The molecule has 4 rings (SSSR count). The van der Waals surface area contributed by atoms with Crippen LogP contribution in [0.3, 0.4) is 0 Å². The van der Waals surface area contributed by atoms with E-state index in [0.717, 1.165) is 28.7 Å². The maximum absolute atomic E-state index is 13.6. The maximum atomic E-state index is 13.6. The van der Waals surface area contributed by atoms with Crippen LogP contribution in [-0.4, -0.2) is 43.8 Å². The van der Waals surface area contributed by atoms with Gasteiger partial charge in [-0.2, -0.15) is 26.3 Å². The Balaban J connectivity index is 1.71. The number of carbonyl (C=O) groups excluding carboxylic acids is 2. The summed E-state index contributed by atoms with van der Waals surface area (Å²) < 4.78 is 97.6. The quantitative estimate of drug-likeness (QED) is 0.197. The minimum absolute atomic E-state index is 0.0574. The number of halogens is 6. The van der Waals surface area contributed by atoms with Gasteiger partial charge < -0.3 is 14.2 Å². The summed E-state index contributed by atoms with van der Waals surface area (Å²) in [5, 5.41) is 0. The van der Waals surface area contributed by atoms with Gasteiger partial charge in [0, 0.05) is 12.1 Å². The molecule has 1 saturated heterocycles. The molecule has 0 aromatic heterocycles. The molecule has 0 saturated carbocycles. The van der Waals surface area contributed by atoms with Gasteiger partial charge in [0.2, 0.25) is 0 Å². The number of amides is 1. The van der Waals surface area contributed by atoms with Crippen LogP contribution in [0.5, 0.6) is 5.75 Å². The van der Waals surface area contributed by atoms with Crippen molar-refractivity contribution >= 4 is 17.6 Å². The molecule has 0 unspecified atom stereocenters. The van der Waals surface area contributed by atoms with Crippen LogP contribution in [0.1, 0.15) is 94.2 Å². The fourth-order valence-corrected chi connectivity index (χ4v) is 6.38. The third kappa shape index (κ3) is 8.06. The second-order valence-corrected chi connectivity index (χ2v) is 13.8. The Bertz CT molecular complexity index is 1510. The van der Waals surface area contributed by atoms with Crippen molar-refractivity contribution in [2.75, 3.05) is 20.8 Å². The van der Waals surface area contributed by atoms with Crippen molar-refractivity contribution in [1.29, 1.82) is 0 Å². The number of benzene rings is 2. The number of allylic oxidation sites excluding steroid dienone is 1. The van der Waals surface area contributed by atoms with Gasteiger partial charge in [-0.1, -0.05) is 19.9 Å². The highest BCUT2D eigenvalue weighted by atomic mass is 19.4. The molecule has 1 aliphatic carbocycles. The summed E-state index contributed by atoms with van der Waals surface area (Å²) in [6, 6.07) is 6.21. The zero-order chi connectivity index (χ0) is 35.1. The summed E-state index contributed by atoms with van der Waals surface area (Å²) >= 11 is 0. The molecule has 6 nitrogen and oxygen atoms in total. The molecule has 2 aromatic rings. The number of aryl methyl sites for hydroxylation is 1. The van der Waals surface area contributed by atoms with Crippen molar-refractivity contribution in [2.24, 2.45) is 10.8 Å². The van der Waals surface area contributed by atoms with E-state index >= 15 is 0 Å². The number of alkyl halides is 6. The zero-order valence-corrected chi connectivity index (χ0v) is 27.6. The number of carbonyl (C=O) groups is 2. The van der Waals surface area contributed by atoms with Crippen LogP contribution in [0.4, 0.5) is 31.1 Å². The molecule has 0 N–H and O–H groups in total. The van der Waals surface area contributed by atoms with Gasteiger partial charge in [-0.25, -0.2) is 4.79 Å². The normalized spacial score (nSPS) is 20.4. The molecule has 12 heteroatoms. The summed E-state index contributed by atoms with van der Waals surface area (Å²) in [5.74, 6) is 0.308. The average Bonchev–Trinajstić information content (AvgIpc) is 3.26. The van der Waals surface area contributed by atoms with E-state index in [1.807, 2.05) is 32.0 Å². The van der Waals surface area contributed by atoms with Gasteiger partial charge in [0.15, 0.2) is 0 Å². The van der Waals surface area contributed by atoms with E-state index < -0.39 is 47.1 Å². The third-order valence-corrected chi connectivity index (χ3v) is 9.23. The van der Waals surface area contributed by atoms with Crippen LogP contribution in [0.2, 0.25) is 0 Å². The number of methoxy groups -OCH3 is 2. The molecule has 1 aliphatic heterocycles. The molecule has 0 radical (unpaired) electrons. The molecule has 1 heterocycles. The first-order chi connectivity index (χ1) is 21.7. The molecular weight excluding hydrogens is 628 g/mol. The lowest BCUT2D eigenvalue weighted by Crippen LogP contribution is -2.35. The predicted octanol–water partition coefficient (Wildman–Crippen LogP) is 9.41. The van der Waals surface area contributed by atoms with E-state index in [1.165, 1.54) is 12.0 Å². The Labute approximate surface area is 271 Å².